The Hall–Kier alpha value is -0.790. The molecule has 0 aromatic heterocycles. The van der Waals surface area contributed by atoms with Crippen LogP contribution < -0.4 is 0 Å². The van der Waals surface area contributed by atoms with Crippen LogP contribution in [0.3, 0.4) is 0 Å². The quantitative estimate of drug-likeness (QED) is 0.507. The van der Waals surface area contributed by atoms with Crippen molar-refractivity contribution in [1.29, 1.82) is 0 Å². The van der Waals surface area contributed by atoms with Crippen LogP contribution in [0.1, 0.15) is 6.92 Å². The van der Waals surface area contributed by atoms with Crippen LogP contribution in [-0.2, 0) is 0 Å². The van der Waals surface area contributed by atoms with Crippen molar-refractivity contribution < 1.29 is 0 Å². The number of likely N-dealkylation sites (N-methyl/N-ethyl adjacent to an activating group) is 1. The fraction of sp³-hybridized carbons (Fsp3) is 0.571. The van der Waals surface area contributed by atoms with Gasteiger partial charge in [0.2, 0.25) is 0 Å². The van der Waals surface area contributed by atoms with Crippen LogP contribution in [-0.4, -0.2) is 30.9 Å². The van der Waals surface area contributed by atoms with Gasteiger partial charge in [0.05, 0.1) is 6.54 Å². The normalized spacial score (nSPS) is 19.3. The zero-order valence-corrected chi connectivity index (χ0v) is 5.96. The Kier molecular flexibility index (Phi) is 1.88. The minimum absolute atomic E-state index is 0.955. The van der Waals surface area contributed by atoms with Crippen LogP contribution in [0.4, 0.5) is 0 Å². The smallest absolute Gasteiger partial charge is 0.122 e. The van der Waals surface area contributed by atoms with E-state index in [0.29, 0.717) is 0 Å². The molecule has 9 heavy (non-hydrogen) atoms. The number of amidine groups is 1. The van der Waals surface area contributed by atoms with Gasteiger partial charge in [0.25, 0.3) is 0 Å². The van der Waals surface area contributed by atoms with Crippen molar-refractivity contribution in [3.05, 3.63) is 12.2 Å². The Morgan fingerprint density at radius 2 is 2.44 bits per heavy atom. The van der Waals surface area contributed by atoms with Gasteiger partial charge in [-0.05, 0) is 13.0 Å². The summed E-state index contributed by atoms with van der Waals surface area (Å²) in [6.07, 6.45) is 4.05. The van der Waals surface area contributed by atoms with Crippen molar-refractivity contribution in [3.63, 3.8) is 0 Å². The molecule has 0 spiro atoms. The van der Waals surface area contributed by atoms with E-state index in [2.05, 4.69) is 16.9 Å². The molecule has 0 atom stereocenters. The summed E-state index contributed by atoms with van der Waals surface area (Å²) in [6.45, 7) is 4.03. The number of nitrogens with zero attached hydrogens (tertiary/aromatic N) is 2. The van der Waals surface area contributed by atoms with Gasteiger partial charge >= 0.3 is 0 Å². The molecular weight excluding hydrogens is 112 g/mol. The molecule has 0 amide bonds. The summed E-state index contributed by atoms with van der Waals surface area (Å²) in [5.74, 6) is 1.11. The van der Waals surface area contributed by atoms with Crippen molar-refractivity contribution in [2.45, 2.75) is 6.92 Å². The Bertz CT molecular complexity index is 147. The molecule has 1 heterocycles. The highest BCUT2D eigenvalue weighted by Gasteiger charge is 2.06. The largest absolute Gasteiger partial charge is 0.358 e. The first kappa shape index (κ1) is 6.33. The Labute approximate surface area is 55.9 Å². The van der Waals surface area contributed by atoms with E-state index in [1.54, 1.807) is 0 Å². The van der Waals surface area contributed by atoms with Gasteiger partial charge in [-0.25, -0.2) is 0 Å². The Morgan fingerprint density at radius 3 is 2.89 bits per heavy atom. The van der Waals surface area contributed by atoms with Crippen molar-refractivity contribution in [2.24, 2.45) is 4.99 Å². The zero-order valence-electron chi connectivity index (χ0n) is 5.96. The van der Waals surface area contributed by atoms with Gasteiger partial charge in [-0.15, -0.1) is 0 Å². The lowest BCUT2D eigenvalue weighted by Gasteiger charge is -2.08. The molecule has 0 aromatic rings. The van der Waals surface area contributed by atoms with Crippen LogP contribution in [0, 0.1) is 0 Å². The number of aliphatic imine (C=N–C) groups is 1. The summed E-state index contributed by atoms with van der Waals surface area (Å²) in [6, 6.07) is 0. The first-order valence-corrected chi connectivity index (χ1v) is 3.23. The third kappa shape index (κ3) is 1.31. The predicted octanol–water partition coefficient (Wildman–Crippen LogP) is 0.906. The Morgan fingerprint density at radius 1 is 1.67 bits per heavy atom. The van der Waals surface area contributed by atoms with Gasteiger partial charge in [-0.2, -0.15) is 0 Å². The van der Waals surface area contributed by atoms with Crippen molar-refractivity contribution >= 4 is 5.84 Å². The SMILES string of the molecule is C/C=C\C1=NCCN1C. The number of hydrogen-bond donors (Lipinski definition) is 0. The van der Waals surface area contributed by atoms with Gasteiger partial charge in [0.1, 0.15) is 5.84 Å². The number of allylic oxidation sites excluding steroid dienone is 1. The second-order valence-corrected chi connectivity index (χ2v) is 2.16. The standard InChI is InChI=1S/C7H12N2/c1-3-4-7-8-5-6-9(7)2/h3-4H,5-6H2,1-2H3/b4-3-. The van der Waals surface area contributed by atoms with E-state index in [1.165, 1.54) is 0 Å². The maximum atomic E-state index is 4.26. The van der Waals surface area contributed by atoms with E-state index >= 15 is 0 Å². The first-order chi connectivity index (χ1) is 4.34. The number of hydrogen-bond acceptors (Lipinski definition) is 2. The molecule has 0 fully saturated rings. The van der Waals surface area contributed by atoms with Crippen LogP contribution >= 0.6 is 0 Å². The summed E-state index contributed by atoms with van der Waals surface area (Å²) in [5, 5.41) is 0. The maximum Gasteiger partial charge on any atom is 0.122 e. The molecule has 0 unspecified atom stereocenters. The van der Waals surface area contributed by atoms with Gasteiger partial charge < -0.3 is 4.90 Å². The molecule has 0 aromatic carbocycles. The molecule has 0 bridgehead atoms. The van der Waals surface area contributed by atoms with Crippen LogP contribution in [0.2, 0.25) is 0 Å². The second-order valence-electron chi connectivity index (χ2n) is 2.16. The summed E-state index contributed by atoms with van der Waals surface area (Å²) < 4.78 is 0. The summed E-state index contributed by atoms with van der Waals surface area (Å²) in [4.78, 5) is 6.42. The summed E-state index contributed by atoms with van der Waals surface area (Å²) >= 11 is 0. The van der Waals surface area contributed by atoms with Gasteiger partial charge in [0.15, 0.2) is 0 Å². The third-order valence-corrected chi connectivity index (χ3v) is 1.42. The molecule has 0 aliphatic carbocycles. The highest BCUT2D eigenvalue weighted by atomic mass is 15.2. The highest BCUT2D eigenvalue weighted by molar-refractivity contribution is 5.93. The molecule has 2 heteroatoms. The topological polar surface area (TPSA) is 15.6 Å². The molecule has 0 saturated heterocycles. The third-order valence-electron chi connectivity index (χ3n) is 1.42. The van der Waals surface area contributed by atoms with Crippen molar-refractivity contribution in [3.8, 4) is 0 Å². The Balaban J connectivity index is 2.57. The minimum atomic E-state index is 0.955. The molecule has 0 N–H and O–H groups in total. The van der Waals surface area contributed by atoms with Gasteiger partial charge in [-0.3, -0.25) is 4.99 Å². The lowest BCUT2D eigenvalue weighted by molar-refractivity contribution is 0.558. The van der Waals surface area contributed by atoms with E-state index in [0.717, 1.165) is 18.9 Å². The van der Waals surface area contributed by atoms with Gasteiger partial charge in [0, 0.05) is 13.6 Å². The fourth-order valence-corrected chi connectivity index (χ4v) is 0.879. The minimum Gasteiger partial charge on any atom is -0.358 e. The van der Waals surface area contributed by atoms with E-state index in [-0.39, 0.29) is 0 Å². The van der Waals surface area contributed by atoms with Crippen LogP contribution in [0.15, 0.2) is 17.1 Å². The fourth-order valence-electron chi connectivity index (χ4n) is 0.879. The van der Waals surface area contributed by atoms with Gasteiger partial charge in [-0.1, -0.05) is 6.08 Å². The maximum absolute atomic E-state index is 4.26. The van der Waals surface area contributed by atoms with E-state index in [1.807, 2.05) is 19.1 Å². The molecule has 0 saturated carbocycles. The molecule has 50 valence electrons. The molecular formula is C7H12N2. The zero-order chi connectivity index (χ0) is 6.69. The predicted molar refractivity (Wildman–Crippen MR) is 39.7 cm³/mol. The average Bonchev–Trinajstić information content (AvgIpc) is 2.18. The monoisotopic (exact) mass is 124 g/mol. The molecule has 2 nitrogen and oxygen atoms in total. The lowest BCUT2D eigenvalue weighted by atomic mass is 10.4. The van der Waals surface area contributed by atoms with Crippen LogP contribution in [0.25, 0.3) is 0 Å². The molecule has 0 radical (unpaired) electrons. The van der Waals surface area contributed by atoms with E-state index in [4.69, 9.17) is 0 Å². The summed E-state index contributed by atoms with van der Waals surface area (Å²) in [7, 11) is 2.06. The lowest BCUT2D eigenvalue weighted by Crippen LogP contribution is -2.20. The van der Waals surface area contributed by atoms with Crippen molar-refractivity contribution in [2.75, 3.05) is 20.1 Å². The van der Waals surface area contributed by atoms with Crippen LogP contribution in [0.5, 0.6) is 0 Å². The van der Waals surface area contributed by atoms with E-state index < -0.39 is 0 Å². The van der Waals surface area contributed by atoms with Crippen molar-refractivity contribution in [1.82, 2.24) is 4.90 Å². The number of rotatable bonds is 1. The highest BCUT2D eigenvalue weighted by Crippen LogP contribution is 1.98. The van der Waals surface area contributed by atoms with E-state index in [9.17, 15) is 0 Å². The first-order valence-electron chi connectivity index (χ1n) is 3.23. The second kappa shape index (κ2) is 2.67. The average molecular weight is 124 g/mol. The molecule has 1 aliphatic heterocycles. The summed E-state index contributed by atoms with van der Waals surface area (Å²) in [5.41, 5.74) is 0. The molecule has 1 aliphatic rings. The molecule has 1 rings (SSSR count).